The van der Waals surface area contributed by atoms with Gasteiger partial charge in [-0.05, 0) is 46.5 Å². The summed E-state index contributed by atoms with van der Waals surface area (Å²) in [5, 5.41) is 21.3. The molecule has 0 fully saturated rings. The lowest BCUT2D eigenvalue weighted by Gasteiger charge is -2.26. The summed E-state index contributed by atoms with van der Waals surface area (Å²) in [6.07, 6.45) is 5.41. The Labute approximate surface area is 152 Å². The molecule has 1 rings (SSSR count). The average Bonchev–Trinajstić information content (AvgIpc) is 2.88. The van der Waals surface area contributed by atoms with E-state index < -0.39 is 5.60 Å². The van der Waals surface area contributed by atoms with Crippen molar-refractivity contribution in [3.8, 4) is 0 Å². The minimum Gasteiger partial charge on any atom is -0.388 e. The quantitative estimate of drug-likeness (QED) is 0.324. The van der Waals surface area contributed by atoms with Gasteiger partial charge in [0.2, 0.25) is 0 Å². The largest absolute Gasteiger partial charge is 0.388 e. The van der Waals surface area contributed by atoms with Crippen LogP contribution in [0, 0.1) is 13.8 Å². The number of aliphatic imine (C=N–C) groups is 1. The van der Waals surface area contributed by atoms with E-state index in [-0.39, 0.29) is 0 Å². The fourth-order valence-electron chi connectivity index (χ4n) is 3.11. The van der Waals surface area contributed by atoms with Gasteiger partial charge in [-0.15, -0.1) is 0 Å². The van der Waals surface area contributed by atoms with Gasteiger partial charge in [-0.1, -0.05) is 31.8 Å². The van der Waals surface area contributed by atoms with Crippen LogP contribution in [0.25, 0.3) is 0 Å². The van der Waals surface area contributed by atoms with Gasteiger partial charge in [-0.2, -0.15) is 0 Å². The Kier molecular flexibility index (Phi) is 9.57. The molecular weight excluding hydrogens is 316 g/mol. The second-order valence-electron chi connectivity index (χ2n) is 6.75. The van der Waals surface area contributed by atoms with Crippen molar-refractivity contribution in [3.05, 3.63) is 17.0 Å². The minimum absolute atomic E-state index is 0.438. The number of hydrogen-bond acceptors (Lipinski definition) is 4. The molecular formula is C19H36N4O2. The molecule has 1 aromatic heterocycles. The molecule has 0 radical (unpaired) electrons. The fourth-order valence-corrected chi connectivity index (χ4v) is 3.11. The second-order valence-corrected chi connectivity index (χ2v) is 6.75. The Bertz CT molecular complexity index is 500. The molecule has 6 heteroatoms. The van der Waals surface area contributed by atoms with Crippen molar-refractivity contribution in [3.63, 3.8) is 0 Å². The highest BCUT2D eigenvalue weighted by molar-refractivity contribution is 5.79. The Morgan fingerprint density at radius 2 is 1.84 bits per heavy atom. The van der Waals surface area contributed by atoms with Gasteiger partial charge in [-0.3, -0.25) is 4.99 Å². The zero-order valence-corrected chi connectivity index (χ0v) is 16.6. The monoisotopic (exact) mass is 352 g/mol. The van der Waals surface area contributed by atoms with Crippen LogP contribution in [-0.4, -0.2) is 41.5 Å². The molecule has 0 aliphatic rings. The lowest BCUT2D eigenvalue weighted by molar-refractivity contribution is 0.0306. The summed E-state index contributed by atoms with van der Waals surface area (Å²) >= 11 is 0. The zero-order valence-electron chi connectivity index (χ0n) is 16.6. The van der Waals surface area contributed by atoms with Crippen molar-refractivity contribution in [2.24, 2.45) is 4.99 Å². The molecule has 0 saturated heterocycles. The average molecular weight is 353 g/mol. The Morgan fingerprint density at radius 3 is 2.36 bits per heavy atom. The summed E-state index contributed by atoms with van der Waals surface area (Å²) in [5.41, 5.74) is 1.48. The molecule has 0 atom stereocenters. The van der Waals surface area contributed by atoms with Crippen molar-refractivity contribution in [2.75, 3.05) is 19.6 Å². The first-order valence-electron chi connectivity index (χ1n) is 9.62. The van der Waals surface area contributed by atoms with Crippen molar-refractivity contribution in [1.82, 2.24) is 15.8 Å². The molecule has 0 bridgehead atoms. The standard InChI is InChI=1S/C19H36N4O2/c1-6-11-19(24,12-7-2)14-22-18(20-8-3)21-13-9-10-17-15(4)23-25-16(17)5/h24H,6-14H2,1-5H3,(H2,20,21,22). The van der Waals surface area contributed by atoms with Crippen LogP contribution in [0.15, 0.2) is 9.52 Å². The van der Waals surface area contributed by atoms with Gasteiger partial charge < -0.3 is 20.3 Å². The highest BCUT2D eigenvalue weighted by atomic mass is 16.5. The summed E-state index contributed by atoms with van der Waals surface area (Å²) < 4.78 is 5.20. The van der Waals surface area contributed by atoms with E-state index in [1.165, 1.54) is 5.56 Å². The van der Waals surface area contributed by atoms with Crippen molar-refractivity contribution < 1.29 is 9.63 Å². The third-order valence-corrected chi connectivity index (χ3v) is 4.38. The van der Waals surface area contributed by atoms with E-state index in [1.807, 2.05) is 20.8 Å². The van der Waals surface area contributed by atoms with Crippen LogP contribution in [0.5, 0.6) is 0 Å². The van der Waals surface area contributed by atoms with E-state index in [9.17, 15) is 5.11 Å². The molecule has 25 heavy (non-hydrogen) atoms. The molecule has 1 aromatic rings. The maximum atomic E-state index is 10.7. The van der Waals surface area contributed by atoms with E-state index in [4.69, 9.17) is 4.52 Å². The second kappa shape index (κ2) is 11.1. The maximum Gasteiger partial charge on any atom is 0.191 e. The Morgan fingerprint density at radius 1 is 1.16 bits per heavy atom. The van der Waals surface area contributed by atoms with Crippen molar-refractivity contribution in [1.29, 1.82) is 0 Å². The number of guanidine groups is 1. The van der Waals surface area contributed by atoms with Gasteiger partial charge in [0, 0.05) is 18.7 Å². The molecule has 0 aliphatic heterocycles. The van der Waals surface area contributed by atoms with Crippen LogP contribution in [0.1, 0.15) is 69.9 Å². The fraction of sp³-hybridized carbons (Fsp3) is 0.789. The predicted molar refractivity (Wildman–Crippen MR) is 103 cm³/mol. The smallest absolute Gasteiger partial charge is 0.191 e. The van der Waals surface area contributed by atoms with Gasteiger partial charge in [0.25, 0.3) is 0 Å². The normalized spacial score (nSPS) is 12.5. The van der Waals surface area contributed by atoms with E-state index in [0.29, 0.717) is 6.54 Å². The van der Waals surface area contributed by atoms with Crippen LogP contribution in [-0.2, 0) is 6.42 Å². The first-order valence-corrected chi connectivity index (χ1v) is 9.62. The molecule has 0 aromatic carbocycles. The zero-order chi connectivity index (χ0) is 18.7. The van der Waals surface area contributed by atoms with Gasteiger partial charge in [0.15, 0.2) is 5.96 Å². The van der Waals surface area contributed by atoms with Crippen LogP contribution in [0.2, 0.25) is 0 Å². The molecule has 1 heterocycles. The lowest BCUT2D eigenvalue weighted by Crippen LogP contribution is -2.40. The first kappa shape index (κ1) is 21.5. The highest BCUT2D eigenvalue weighted by Gasteiger charge is 2.24. The van der Waals surface area contributed by atoms with Gasteiger partial charge in [-0.25, -0.2) is 0 Å². The van der Waals surface area contributed by atoms with E-state index >= 15 is 0 Å². The molecule has 3 N–H and O–H groups in total. The SMILES string of the molecule is CCCC(O)(CCC)CN=C(NCC)NCCCc1c(C)noc1C. The van der Waals surface area contributed by atoms with Gasteiger partial charge >= 0.3 is 0 Å². The Balaban J connectivity index is 2.52. The van der Waals surface area contributed by atoms with Gasteiger partial charge in [0.1, 0.15) is 5.76 Å². The third kappa shape index (κ3) is 7.46. The molecule has 0 aliphatic carbocycles. The van der Waals surface area contributed by atoms with Crippen LogP contribution < -0.4 is 10.6 Å². The number of nitrogens with one attached hydrogen (secondary N) is 2. The van der Waals surface area contributed by atoms with Crippen LogP contribution >= 0.6 is 0 Å². The molecule has 144 valence electrons. The summed E-state index contributed by atoms with van der Waals surface area (Å²) in [7, 11) is 0. The molecule has 0 amide bonds. The predicted octanol–water partition coefficient (Wildman–Crippen LogP) is 3.11. The maximum absolute atomic E-state index is 10.7. The minimum atomic E-state index is -0.692. The lowest BCUT2D eigenvalue weighted by atomic mass is 9.93. The summed E-state index contributed by atoms with van der Waals surface area (Å²) in [6, 6.07) is 0. The van der Waals surface area contributed by atoms with E-state index in [1.54, 1.807) is 0 Å². The van der Waals surface area contributed by atoms with Crippen molar-refractivity contribution >= 4 is 5.96 Å². The molecule has 0 saturated carbocycles. The Hall–Kier alpha value is -1.56. The molecule has 0 unspecified atom stereocenters. The topological polar surface area (TPSA) is 82.7 Å². The van der Waals surface area contributed by atoms with Crippen LogP contribution in [0.4, 0.5) is 0 Å². The van der Waals surface area contributed by atoms with E-state index in [2.05, 4.69) is 34.6 Å². The third-order valence-electron chi connectivity index (χ3n) is 4.38. The van der Waals surface area contributed by atoms with Gasteiger partial charge in [0.05, 0.1) is 17.8 Å². The van der Waals surface area contributed by atoms with Crippen molar-refractivity contribution in [2.45, 2.75) is 78.7 Å². The number of hydrogen-bond donors (Lipinski definition) is 3. The first-order chi connectivity index (χ1) is 12.0. The number of nitrogens with zero attached hydrogens (tertiary/aromatic N) is 2. The number of aryl methyl sites for hydroxylation is 2. The van der Waals surface area contributed by atoms with E-state index in [0.717, 1.165) is 69.0 Å². The molecule has 0 spiro atoms. The number of aliphatic hydroxyl groups is 1. The summed E-state index contributed by atoms with van der Waals surface area (Å²) in [6.45, 7) is 12.2. The van der Waals surface area contributed by atoms with Crippen LogP contribution in [0.3, 0.4) is 0 Å². The molecule has 6 nitrogen and oxygen atoms in total. The summed E-state index contributed by atoms with van der Waals surface area (Å²) in [5.74, 6) is 1.68. The summed E-state index contributed by atoms with van der Waals surface area (Å²) in [4.78, 5) is 4.61. The number of aromatic nitrogens is 1. The number of rotatable bonds is 11. The highest BCUT2D eigenvalue weighted by Crippen LogP contribution is 2.19.